The first kappa shape index (κ1) is 11.6. The van der Waals surface area contributed by atoms with Crippen molar-refractivity contribution >= 4 is 17.2 Å². The van der Waals surface area contributed by atoms with Crippen molar-refractivity contribution < 1.29 is 4.79 Å². The van der Waals surface area contributed by atoms with Crippen molar-refractivity contribution in [1.82, 2.24) is 10.6 Å². The van der Waals surface area contributed by atoms with Crippen LogP contribution in [0.2, 0.25) is 0 Å². The summed E-state index contributed by atoms with van der Waals surface area (Å²) in [4.78, 5) is 14.0. The summed E-state index contributed by atoms with van der Waals surface area (Å²) in [6.45, 7) is 4.59. The average molecular weight is 238 g/mol. The van der Waals surface area contributed by atoms with Gasteiger partial charge in [-0.05, 0) is 31.9 Å². The highest BCUT2D eigenvalue weighted by molar-refractivity contribution is 7.11. The predicted octanol–water partition coefficient (Wildman–Crippen LogP) is 1.67. The Labute approximate surface area is 100 Å². The van der Waals surface area contributed by atoms with Crippen LogP contribution in [0.4, 0.5) is 0 Å². The van der Waals surface area contributed by atoms with Gasteiger partial charge >= 0.3 is 0 Å². The number of nitrogens with one attached hydrogen (secondary N) is 2. The van der Waals surface area contributed by atoms with E-state index in [0.29, 0.717) is 5.92 Å². The fourth-order valence-corrected chi connectivity index (χ4v) is 2.42. The Morgan fingerprint density at radius 2 is 2.25 bits per heavy atom. The first-order chi connectivity index (χ1) is 7.75. The second kappa shape index (κ2) is 5.46. The Bertz CT molecular complexity index is 358. The fraction of sp³-hybridized carbons (Fsp3) is 0.583. The van der Waals surface area contributed by atoms with Gasteiger partial charge in [-0.15, -0.1) is 11.3 Å². The van der Waals surface area contributed by atoms with E-state index in [1.165, 1.54) is 9.75 Å². The van der Waals surface area contributed by atoms with Crippen molar-refractivity contribution in [1.29, 1.82) is 0 Å². The van der Waals surface area contributed by atoms with Gasteiger partial charge in [-0.3, -0.25) is 4.79 Å². The van der Waals surface area contributed by atoms with Crippen LogP contribution in [0.1, 0.15) is 22.6 Å². The molecule has 1 aliphatic carbocycles. The zero-order valence-electron chi connectivity index (χ0n) is 9.58. The molecule has 0 radical (unpaired) electrons. The molecule has 1 heterocycles. The number of thiophene rings is 1. The van der Waals surface area contributed by atoms with Crippen molar-refractivity contribution in [2.75, 3.05) is 13.1 Å². The standard InChI is InChI=1S/C12H18N2OS/c1-9-2-5-11(16-9)8-13-6-7-14-12(15)10-3-4-10/h2,5,10,13H,3-4,6-8H2,1H3,(H,14,15). The minimum absolute atomic E-state index is 0.230. The van der Waals surface area contributed by atoms with Crippen LogP contribution in [0, 0.1) is 12.8 Å². The zero-order valence-corrected chi connectivity index (χ0v) is 10.4. The highest BCUT2D eigenvalue weighted by Gasteiger charge is 2.28. The predicted molar refractivity (Wildman–Crippen MR) is 66.5 cm³/mol. The largest absolute Gasteiger partial charge is 0.355 e. The number of carbonyl (C=O) groups is 1. The van der Waals surface area contributed by atoms with Crippen LogP contribution in [-0.2, 0) is 11.3 Å². The molecule has 2 rings (SSSR count). The Kier molecular flexibility index (Phi) is 3.96. The Morgan fingerprint density at radius 1 is 1.44 bits per heavy atom. The lowest BCUT2D eigenvalue weighted by molar-refractivity contribution is -0.122. The van der Waals surface area contributed by atoms with Gasteiger partial charge in [-0.25, -0.2) is 0 Å². The maximum Gasteiger partial charge on any atom is 0.223 e. The molecule has 1 amide bonds. The van der Waals surface area contributed by atoms with E-state index in [4.69, 9.17) is 0 Å². The van der Waals surface area contributed by atoms with Gasteiger partial charge in [0.2, 0.25) is 5.91 Å². The molecule has 0 spiro atoms. The van der Waals surface area contributed by atoms with Crippen LogP contribution < -0.4 is 10.6 Å². The molecule has 1 fully saturated rings. The maximum absolute atomic E-state index is 11.3. The van der Waals surface area contributed by atoms with Gasteiger partial charge in [0.1, 0.15) is 0 Å². The van der Waals surface area contributed by atoms with E-state index in [9.17, 15) is 4.79 Å². The first-order valence-corrected chi connectivity index (χ1v) is 6.61. The van der Waals surface area contributed by atoms with Crippen LogP contribution in [0.5, 0.6) is 0 Å². The highest BCUT2D eigenvalue weighted by Crippen LogP contribution is 2.28. The van der Waals surface area contributed by atoms with Crippen molar-refractivity contribution in [2.24, 2.45) is 5.92 Å². The lowest BCUT2D eigenvalue weighted by Crippen LogP contribution is -2.32. The third kappa shape index (κ3) is 3.61. The van der Waals surface area contributed by atoms with E-state index in [2.05, 4.69) is 29.7 Å². The Morgan fingerprint density at radius 3 is 2.88 bits per heavy atom. The smallest absolute Gasteiger partial charge is 0.223 e. The van der Waals surface area contributed by atoms with E-state index in [1.807, 2.05) is 11.3 Å². The van der Waals surface area contributed by atoms with Gasteiger partial charge in [0, 0.05) is 35.3 Å². The molecule has 1 aliphatic rings. The SMILES string of the molecule is Cc1ccc(CNCCNC(=O)C2CC2)s1. The lowest BCUT2D eigenvalue weighted by atomic mass is 10.4. The highest BCUT2D eigenvalue weighted by atomic mass is 32.1. The van der Waals surface area contributed by atoms with Gasteiger partial charge < -0.3 is 10.6 Å². The molecule has 0 aliphatic heterocycles. The van der Waals surface area contributed by atoms with E-state index in [1.54, 1.807) is 0 Å². The summed E-state index contributed by atoms with van der Waals surface area (Å²) in [6.07, 6.45) is 2.15. The molecule has 0 bridgehead atoms. The van der Waals surface area contributed by atoms with Gasteiger partial charge in [-0.2, -0.15) is 0 Å². The third-order valence-corrected chi connectivity index (χ3v) is 3.65. The summed E-state index contributed by atoms with van der Waals surface area (Å²) in [5.74, 6) is 0.550. The van der Waals surface area contributed by atoms with Crippen LogP contribution >= 0.6 is 11.3 Å². The Balaban J connectivity index is 1.53. The summed E-state index contributed by atoms with van der Waals surface area (Å²) >= 11 is 1.82. The van der Waals surface area contributed by atoms with Crippen LogP contribution in [0.15, 0.2) is 12.1 Å². The molecule has 0 atom stereocenters. The Hall–Kier alpha value is -0.870. The molecule has 3 nitrogen and oxygen atoms in total. The second-order valence-electron chi connectivity index (χ2n) is 4.25. The molecule has 16 heavy (non-hydrogen) atoms. The molecule has 88 valence electrons. The monoisotopic (exact) mass is 238 g/mol. The van der Waals surface area contributed by atoms with Gasteiger partial charge in [0.05, 0.1) is 0 Å². The fourth-order valence-electron chi connectivity index (χ4n) is 1.56. The third-order valence-electron chi connectivity index (χ3n) is 2.64. The van der Waals surface area contributed by atoms with Gasteiger partial charge in [0.25, 0.3) is 0 Å². The molecule has 2 N–H and O–H groups in total. The molecular weight excluding hydrogens is 220 g/mol. The molecule has 1 aromatic heterocycles. The first-order valence-electron chi connectivity index (χ1n) is 5.79. The van der Waals surface area contributed by atoms with Crippen molar-refractivity contribution in [2.45, 2.75) is 26.3 Å². The average Bonchev–Trinajstić information content (AvgIpc) is 3.03. The molecule has 1 saturated carbocycles. The molecule has 0 saturated heterocycles. The molecule has 0 unspecified atom stereocenters. The van der Waals surface area contributed by atoms with E-state index >= 15 is 0 Å². The van der Waals surface area contributed by atoms with Crippen LogP contribution in [0.25, 0.3) is 0 Å². The number of hydrogen-bond donors (Lipinski definition) is 2. The van der Waals surface area contributed by atoms with Crippen LogP contribution in [-0.4, -0.2) is 19.0 Å². The zero-order chi connectivity index (χ0) is 11.4. The van der Waals surface area contributed by atoms with Crippen molar-refractivity contribution in [3.63, 3.8) is 0 Å². The lowest BCUT2D eigenvalue weighted by Gasteiger charge is -2.05. The maximum atomic E-state index is 11.3. The summed E-state index contributed by atoms with van der Waals surface area (Å²) in [5, 5.41) is 6.26. The normalized spacial score (nSPS) is 15.1. The quantitative estimate of drug-likeness (QED) is 0.740. The minimum atomic E-state index is 0.230. The molecule has 0 aromatic carbocycles. The summed E-state index contributed by atoms with van der Waals surface area (Å²) in [6, 6.07) is 4.28. The molecule has 4 heteroatoms. The van der Waals surface area contributed by atoms with E-state index in [-0.39, 0.29) is 5.91 Å². The van der Waals surface area contributed by atoms with Crippen molar-refractivity contribution in [3.8, 4) is 0 Å². The van der Waals surface area contributed by atoms with Crippen molar-refractivity contribution in [3.05, 3.63) is 21.9 Å². The number of aryl methyl sites for hydroxylation is 1. The van der Waals surface area contributed by atoms with E-state index in [0.717, 1.165) is 32.5 Å². The van der Waals surface area contributed by atoms with Crippen LogP contribution in [0.3, 0.4) is 0 Å². The number of carbonyl (C=O) groups excluding carboxylic acids is 1. The number of amides is 1. The summed E-state index contributed by atoms with van der Waals surface area (Å²) in [7, 11) is 0. The summed E-state index contributed by atoms with van der Waals surface area (Å²) in [5.41, 5.74) is 0. The summed E-state index contributed by atoms with van der Waals surface area (Å²) < 4.78 is 0. The topological polar surface area (TPSA) is 41.1 Å². The van der Waals surface area contributed by atoms with E-state index < -0.39 is 0 Å². The molecule has 1 aromatic rings. The van der Waals surface area contributed by atoms with Gasteiger partial charge in [0.15, 0.2) is 0 Å². The minimum Gasteiger partial charge on any atom is -0.355 e. The number of hydrogen-bond acceptors (Lipinski definition) is 3. The molecular formula is C12H18N2OS. The van der Waals surface area contributed by atoms with Gasteiger partial charge in [-0.1, -0.05) is 0 Å². The second-order valence-corrected chi connectivity index (χ2v) is 5.63. The number of rotatable bonds is 6.